The number of nitrogens with one attached hydrogen (secondary N) is 2. The van der Waals surface area contributed by atoms with Crippen molar-refractivity contribution in [1.29, 1.82) is 5.26 Å². The Hall–Kier alpha value is -3.84. The molecule has 0 bridgehead atoms. The third-order valence-electron chi connectivity index (χ3n) is 6.27. The van der Waals surface area contributed by atoms with Gasteiger partial charge < -0.3 is 25.1 Å². The number of rotatable bonds is 1. The lowest BCUT2D eigenvalue weighted by Crippen LogP contribution is -2.54. The second kappa shape index (κ2) is 6.11. The van der Waals surface area contributed by atoms with E-state index in [-0.39, 0.29) is 27.7 Å². The fourth-order valence-corrected chi connectivity index (χ4v) is 5.32. The molecular weight excluding hydrogens is 430 g/mol. The summed E-state index contributed by atoms with van der Waals surface area (Å²) < 4.78 is 11.1. The molecule has 3 aliphatic heterocycles. The molecule has 9 nitrogen and oxygen atoms in total. The summed E-state index contributed by atoms with van der Waals surface area (Å²) in [5.74, 6) is -0.341. The highest BCUT2D eigenvalue weighted by Crippen LogP contribution is 2.59. The van der Waals surface area contributed by atoms with Gasteiger partial charge in [0.15, 0.2) is 10.2 Å². The predicted molar refractivity (Wildman–Crippen MR) is 119 cm³/mol. The van der Waals surface area contributed by atoms with Crippen LogP contribution in [0.15, 0.2) is 34.5 Å². The van der Waals surface area contributed by atoms with Crippen LogP contribution in [0.25, 0.3) is 5.57 Å². The average Bonchev–Trinajstić information content (AvgIpc) is 2.95. The number of nitrogens with two attached hydrogens (primary N) is 1. The van der Waals surface area contributed by atoms with Gasteiger partial charge in [0.05, 0.1) is 18.3 Å². The van der Waals surface area contributed by atoms with Crippen molar-refractivity contribution in [3.63, 3.8) is 0 Å². The first-order valence-electron chi connectivity index (χ1n) is 9.80. The molecule has 1 spiro atoms. The number of anilines is 1. The molecule has 1 unspecified atom stereocenters. The zero-order valence-electron chi connectivity index (χ0n) is 17.7. The van der Waals surface area contributed by atoms with E-state index in [1.165, 1.54) is 7.11 Å². The summed E-state index contributed by atoms with van der Waals surface area (Å²) in [6, 6.07) is 5.54. The number of methoxy groups -OCH3 is 1. The van der Waals surface area contributed by atoms with Crippen molar-refractivity contribution in [2.75, 3.05) is 12.0 Å². The number of nitrogens with zero attached hydrogens (tertiary/aromatic N) is 2. The standard InChI is InChI=1S/C22H19N5O4S/c1-9-7-21(2,3)27-15-11(9)5-10(30-4)6-12(15)22(19(27)29)13(8-23)16(24)31-18-14(22)17(28)25-20(32)26-18/h5-7H,24H2,1-4H3,(H2,25,26,28,32). The molecule has 10 heteroatoms. The summed E-state index contributed by atoms with van der Waals surface area (Å²) in [7, 11) is 1.51. The third kappa shape index (κ3) is 2.18. The maximum atomic E-state index is 14.4. The number of carbonyl (C=O) groups is 1. The van der Waals surface area contributed by atoms with Crippen LogP contribution in [0.5, 0.6) is 11.6 Å². The lowest BCUT2D eigenvalue weighted by Gasteiger charge is -2.40. The molecule has 2 aromatic rings. The van der Waals surface area contributed by atoms with Gasteiger partial charge in [-0.05, 0) is 50.7 Å². The summed E-state index contributed by atoms with van der Waals surface area (Å²) in [5.41, 5.74) is 5.45. The molecule has 0 saturated heterocycles. The van der Waals surface area contributed by atoms with Crippen molar-refractivity contribution in [3.8, 4) is 17.7 Å². The Bertz CT molecular complexity index is 1470. The number of fused-ring (bicyclic) bond motifs is 3. The molecule has 4 N–H and O–H groups in total. The summed E-state index contributed by atoms with van der Waals surface area (Å²) in [6.07, 6.45) is 1.97. The van der Waals surface area contributed by atoms with Crippen LogP contribution in [0.1, 0.15) is 37.5 Å². The van der Waals surface area contributed by atoms with Crippen LogP contribution in [0.3, 0.4) is 0 Å². The second-order valence-electron chi connectivity index (χ2n) is 8.51. The fraction of sp³-hybridized carbons (Fsp3) is 0.273. The molecule has 162 valence electrons. The minimum Gasteiger partial charge on any atom is -0.497 e. The van der Waals surface area contributed by atoms with Crippen LogP contribution in [-0.2, 0) is 10.2 Å². The average molecular weight is 449 g/mol. The Morgan fingerprint density at radius 3 is 2.66 bits per heavy atom. The van der Waals surface area contributed by atoms with Gasteiger partial charge >= 0.3 is 0 Å². The number of hydrogen-bond acceptors (Lipinski definition) is 7. The molecule has 1 aromatic heterocycles. The van der Waals surface area contributed by atoms with Gasteiger partial charge in [0, 0.05) is 11.1 Å². The number of aromatic nitrogens is 2. The summed E-state index contributed by atoms with van der Waals surface area (Å²) in [5, 5.41) is 10.1. The van der Waals surface area contributed by atoms with Crippen molar-refractivity contribution in [1.82, 2.24) is 9.97 Å². The first kappa shape index (κ1) is 20.1. The molecule has 0 fully saturated rings. The van der Waals surface area contributed by atoms with Crippen LogP contribution < -0.4 is 25.7 Å². The highest BCUT2D eigenvalue weighted by atomic mass is 32.1. The number of aromatic amines is 2. The molecular formula is C22H19N5O4S. The van der Waals surface area contributed by atoms with Gasteiger partial charge in [-0.25, -0.2) is 0 Å². The quantitative estimate of drug-likeness (QED) is 0.568. The zero-order valence-corrected chi connectivity index (χ0v) is 18.6. The number of benzene rings is 1. The van der Waals surface area contributed by atoms with Crippen molar-refractivity contribution in [3.05, 3.63) is 61.5 Å². The molecule has 32 heavy (non-hydrogen) atoms. The molecule has 1 amide bonds. The van der Waals surface area contributed by atoms with E-state index >= 15 is 0 Å². The van der Waals surface area contributed by atoms with Gasteiger partial charge in [-0.2, -0.15) is 5.26 Å². The first-order chi connectivity index (χ1) is 15.1. The number of carbonyl (C=O) groups excluding carboxylic acids is 1. The minimum atomic E-state index is -1.83. The molecule has 3 aliphatic rings. The molecule has 0 radical (unpaired) electrons. The number of H-pyrrole nitrogens is 2. The van der Waals surface area contributed by atoms with Gasteiger partial charge in [-0.3, -0.25) is 14.6 Å². The zero-order chi connectivity index (χ0) is 23.2. The lowest BCUT2D eigenvalue weighted by atomic mass is 9.69. The largest absolute Gasteiger partial charge is 0.497 e. The normalized spacial score (nSPS) is 22.2. The van der Waals surface area contributed by atoms with Crippen LogP contribution in [0, 0.1) is 16.1 Å². The minimum absolute atomic E-state index is 0.00752. The third-order valence-corrected chi connectivity index (χ3v) is 6.47. The van der Waals surface area contributed by atoms with E-state index in [1.807, 2.05) is 39.0 Å². The van der Waals surface area contributed by atoms with Gasteiger partial charge in [0.25, 0.3) is 5.56 Å². The molecule has 5 rings (SSSR count). The number of amides is 1. The second-order valence-corrected chi connectivity index (χ2v) is 8.92. The molecule has 1 atom stereocenters. The number of nitriles is 1. The van der Waals surface area contributed by atoms with E-state index in [1.54, 1.807) is 11.0 Å². The van der Waals surface area contributed by atoms with Crippen molar-refractivity contribution in [2.45, 2.75) is 31.7 Å². The topological polar surface area (TPSA) is 137 Å². The SMILES string of the molecule is COc1cc2c3c(c1)C1(C(=O)N3C(C)(C)C=C2C)C(C#N)=C(N)Oc2[nH]c(=S)[nH]c(=O)c21. The Morgan fingerprint density at radius 2 is 2.00 bits per heavy atom. The summed E-state index contributed by atoms with van der Waals surface area (Å²) in [6.45, 7) is 5.74. The van der Waals surface area contributed by atoms with Crippen molar-refractivity contribution < 1.29 is 14.3 Å². The molecule has 4 heterocycles. The smallest absolute Gasteiger partial charge is 0.260 e. The van der Waals surface area contributed by atoms with Crippen LogP contribution in [-0.4, -0.2) is 28.5 Å². The van der Waals surface area contributed by atoms with E-state index in [0.717, 1.165) is 11.1 Å². The Balaban J connectivity index is 2.05. The maximum Gasteiger partial charge on any atom is 0.260 e. The van der Waals surface area contributed by atoms with Gasteiger partial charge in [-0.15, -0.1) is 0 Å². The predicted octanol–water partition coefficient (Wildman–Crippen LogP) is 2.36. The van der Waals surface area contributed by atoms with E-state index in [0.29, 0.717) is 17.0 Å². The number of ether oxygens (including phenoxy) is 2. The van der Waals surface area contributed by atoms with Crippen molar-refractivity contribution in [2.24, 2.45) is 5.73 Å². The van der Waals surface area contributed by atoms with Crippen LogP contribution in [0.2, 0.25) is 0 Å². The Morgan fingerprint density at radius 1 is 1.28 bits per heavy atom. The van der Waals surface area contributed by atoms with Crippen LogP contribution in [0.4, 0.5) is 5.69 Å². The van der Waals surface area contributed by atoms with Crippen molar-refractivity contribution >= 4 is 29.4 Å². The fourth-order valence-electron chi connectivity index (χ4n) is 5.14. The van der Waals surface area contributed by atoms with E-state index < -0.39 is 22.4 Å². The lowest BCUT2D eigenvalue weighted by molar-refractivity contribution is -0.121. The number of hydrogen-bond donors (Lipinski definition) is 3. The molecule has 0 aliphatic carbocycles. The van der Waals surface area contributed by atoms with E-state index in [4.69, 9.17) is 27.4 Å². The van der Waals surface area contributed by atoms with E-state index in [2.05, 4.69) is 9.97 Å². The van der Waals surface area contributed by atoms with E-state index in [9.17, 15) is 14.9 Å². The Labute approximate surface area is 187 Å². The van der Waals surface area contributed by atoms with Gasteiger partial charge in [0.1, 0.15) is 23.0 Å². The van der Waals surface area contributed by atoms with Gasteiger partial charge in [0.2, 0.25) is 17.7 Å². The highest BCUT2D eigenvalue weighted by molar-refractivity contribution is 7.71. The van der Waals surface area contributed by atoms with Gasteiger partial charge in [-0.1, -0.05) is 6.08 Å². The van der Waals surface area contributed by atoms with Crippen LogP contribution >= 0.6 is 12.2 Å². The summed E-state index contributed by atoms with van der Waals surface area (Å²) in [4.78, 5) is 34.5. The monoisotopic (exact) mass is 449 g/mol. The molecule has 0 saturated carbocycles. The summed E-state index contributed by atoms with van der Waals surface area (Å²) >= 11 is 5.08. The first-order valence-corrected chi connectivity index (χ1v) is 10.2. The highest BCUT2D eigenvalue weighted by Gasteiger charge is 2.64. The Kier molecular flexibility index (Phi) is 3.83. The molecule has 1 aromatic carbocycles. The maximum absolute atomic E-state index is 14.4. The number of allylic oxidation sites excluding steroid dienone is 1.